The van der Waals surface area contributed by atoms with E-state index in [0.29, 0.717) is 0 Å². The minimum atomic E-state index is 0. The van der Waals surface area contributed by atoms with Gasteiger partial charge in [0.2, 0.25) is 0 Å². The van der Waals surface area contributed by atoms with E-state index in [1.807, 2.05) is 30.5 Å². The van der Waals surface area contributed by atoms with Crippen molar-refractivity contribution in [2.24, 2.45) is 0 Å². The third-order valence-electron chi connectivity index (χ3n) is 5.75. The Labute approximate surface area is 206 Å². The van der Waals surface area contributed by atoms with Crippen molar-refractivity contribution in [3.63, 3.8) is 0 Å². The van der Waals surface area contributed by atoms with Crippen LogP contribution in [0.4, 0.5) is 0 Å². The molecule has 0 aliphatic heterocycles. The van der Waals surface area contributed by atoms with Gasteiger partial charge in [-0.25, -0.2) is 11.6 Å². The fourth-order valence-electron chi connectivity index (χ4n) is 4.18. The minimum Gasteiger partial charge on any atom is -0.296 e. The molecule has 0 aliphatic carbocycles. The third kappa shape index (κ3) is 3.98. The molecule has 6 rings (SSSR count). The molecule has 0 amide bonds. The maximum absolute atomic E-state index is 5.04. The van der Waals surface area contributed by atoms with Crippen LogP contribution in [0.2, 0.25) is 0 Å². The Balaban J connectivity index is 0.00000228. The summed E-state index contributed by atoms with van der Waals surface area (Å²) in [5.41, 5.74) is 5.81. The molecule has 0 N–H and O–H groups in total. The third-order valence-corrected chi connectivity index (χ3v) is 5.75. The summed E-state index contributed by atoms with van der Waals surface area (Å²) < 4.78 is 0. The van der Waals surface area contributed by atoms with Gasteiger partial charge in [0, 0.05) is 17.1 Å². The van der Waals surface area contributed by atoms with Gasteiger partial charge < -0.3 is 0 Å². The number of benzene rings is 4. The molecule has 2 aromatic heterocycles. The molecule has 4 aromatic carbocycles. The number of nitrogens with zero attached hydrogens (tertiary/aromatic N) is 2. The fraction of sp³-hybridized carbons (Fsp3) is 0. The number of pyridine rings is 2. The van der Waals surface area contributed by atoms with Crippen molar-refractivity contribution >= 4 is 38.7 Å². The molecule has 3 heteroatoms. The van der Waals surface area contributed by atoms with Crippen molar-refractivity contribution in [2.45, 2.75) is 0 Å². The molecule has 0 spiro atoms. The van der Waals surface area contributed by atoms with Gasteiger partial charge in [0.15, 0.2) is 0 Å². The molecule has 0 saturated carbocycles. The molecule has 0 radical (unpaired) electrons. The Kier molecular flexibility index (Phi) is 5.84. The van der Waals surface area contributed by atoms with E-state index in [4.69, 9.17) is 4.98 Å². The monoisotopic (exact) mass is 512 g/mol. The van der Waals surface area contributed by atoms with Gasteiger partial charge in [-0.3, -0.25) is 9.97 Å². The first kappa shape index (κ1) is 21.2. The van der Waals surface area contributed by atoms with Gasteiger partial charge in [-0.15, -0.1) is 40.6 Å². The molecule has 0 fully saturated rings. The normalized spacial score (nSPS) is 11.3. The van der Waals surface area contributed by atoms with Crippen LogP contribution in [0.25, 0.3) is 49.9 Å². The van der Waals surface area contributed by atoms with Crippen LogP contribution in [0.3, 0.4) is 0 Å². The standard InChI is InChI=1S/C30H18N2.Pd/c1-2-14-26-21(7-1)8-3-9-22(26)16-17-24-10-4-11-25-18-19-28(32-29(24)25)27-15-5-12-23-13-6-20-31-30(23)27;/h1-8,10-16,18-20H;/q-2;+2. The number of hydrogen-bond donors (Lipinski definition) is 0. The maximum Gasteiger partial charge on any atom is 2.00 e. The molecule has 0 aliphatic rings. The first-order valence-electron chi connectivity index (χ1n) is 10.6. The van der Waals surface area contributed by atoms with E-state index in [1.54, 1.807) is 0 Å². The summed E-state index contributed by atoms with van der Waals surface area (Å²) in [5.74, 6) is 0. The smallest absolute Gasteiger partial charge is 0.296 e. The Morgan fingerprint density at radius 3 is 2.42 bits per heavy atom. The molecular weight excluding hydrogens is 495 g/mol. The topological polar surface area (TPSA) is 25.8 Å². The van der Waals surface area contributed by atoms with E-state index in [0.717, 1.165) is 44.2 Å². The molecule has 6 aromatic rings. The first-order chi connectivity index (χ1) is 15.9. The zero-order valence-corrected chi connectivity index (χ0v) is 19.2. The van der Waals surface area contributed by atoms with Gasteiger partial charge >= 0.3 is 20.4 Å². The van der Waals surface area contributed by atoms with Gasteiger partial charge in [0.25, 0.3) is 0 Å². The van der Waals surface area contributed by atoms with Crippen LogP contribution in [0.1, 0.15) is 11.1 Å². The minimum absolute atomic E-state index is 0. The molecule has 0 atom stereocenters. The van der Waals surface area contributed by atoms with Gasteiger partial charge in [0.1, 0.15) is 0 Å². The summed E-state index contributed by atoms with van der Waals surface area (Å²) in [6.07, 6.45) is 7.31. The van der Waals surface area contributed by atoms with Crippen molar-refractivity contribution in [1.29, 1.82) is 0 Å². The van der Waals surface area contributed by atoms with Crippen LogP contribution in [0.5, 0.6) is 0 Å². The van der Waals surface area contributed by atoms with Crippen LogP contribution in [0, 0.1) is 12.1 Å². The molecule has 2 nitrogen and oxygen atoms in total. The van der Waals surface area contributed by atoms with Gasteiger partial charge in [-0.05, 0) is 23.0 Å². The molecule has 0 saturated heterocycles. The summed E-state index contributed by atoms with van der Waals surface area (Å²) in [5, 5.41) is 4.56. The van der Waals surface area contributed by atoms with Crippen LogP contribution in [-0.2, 0) is 20.4 Å². The molecule has 158 valence electrons. The number of aromatic nitrogens is 2. The Morgan fingerprint density at radius 1 is 0.697 bits per heavy atom. The first-order valence-corrected chi connectivity index (χ1v) is 10.6. The van der Waals surface area contributed by atoms with E-state index < -0.39 is 0 Å². The van der Waals surface area contributed by atoms with Gasteiger partial charge in [0.05, 0.1) is 11.2 Å². The molecular formula is C30H18N2Pd. The van der Waals surface area contributed by atoms with Crippen LogP contribution in [-0.4, -0.2) is 9.97 Å². The second-order valence-electron chi connectivity index (χ2n) is 7.72. The zero-order chi connectivity index (χ0) is 21.3. The Morgan fingerprint density at radius 2 is 1.48 bits per heavy atom. The predicted octanol–water partition coefficient (Wildman–Crippen LogP) is 7.27. The fourth-order valence-corrected chi connectivity index (χ4v) is 4.18. The van der Waals surface area contributed by atoms with Crippen molar-refractivity contribution in [1.82, 2.24) is 9.97 Å². The number of hydrogen-bond acceptors (Lipinski definition) is 2. The predicted molar refractivity (Wildman–Crippen MR) is 132 cm³/mol. The second-order valence-corrected chi connectivity index (χ2v) is 7.72. The molecule has 0 bridgehead atoms. The zero-order valence-electron chi connectivity index (χ0n) is 17.6. The largest absolute Gasteiger partial charge is 2.00 e. The van der Waals surface area contributed by atoms with Crippen molar-refractivity contribution in [3.8, 4) is 11.3 Å². The number of fused-ring (bicyclic) bond motifs is 3. The summed E-state index contributed by atoms with van der Waals surface area (Å²) in [6, 6.07) is 36.4. The van der Waals surface area contributed by atoms with Crippen LogP contribution < -0.4 is 0 Å². The van der Waals surface area contributed by atoms with Crippen molar-refractivity contribution in [3.05, 3.63) is 127 Å². The second kappa shape index (κ2) is 9.08. The van der Waals surface area contributed by atoms with Crippen molar-refractivity contribution < 1.29 is 20.4 Å². The molecule has 2 heterocycles. The van der Waals surface area contributed by atoms with E-state index in [-0.39, 0.29) is 20.4 Å². The SMILES string of the molecule is [C-](=Cc1[c-]ccc2ccccc12)c1cccc2ccc(-c3cccc4cccnc34)nc12.[Pd+2]. The average molecular weight is 513 g/mol. The van der Waals surface area contributed by atoms with Gasteiger partial charge in [-0.2, -0.15) is 18.2 Å². The summed E-state index contributed by atoms with van der Waals surface area (Å²) in [7, 11) is 0. The Bertz CT molecular complexity index is 1630. The quantitative estimate of drug-likeness (QED) is 0.142. The average Bonchev–Trinajstić information content (AvgIpc) is 2.87. The van der Waals surface area contributed by atoms with Crippen LogP contribution >= 0.6 is 0 Å². The summed E-state index contributed by atoms with van der Waals surface area (Å²) >= 11 is 0. The van der Waals surface area contributed by atoms with E-state index in [2.05, 4.69) is 96.0 Å². The van der Waals surface area contributed by atoms with E-state index >= 15 is 0 Å². The summed E-state index contributed by atoms with van der Waals surface area (Å²) in [4.78, 5) is 9.64. The Hall–Kier alpha value is -3.64. The van der Waals surface area contributed by atoms with Crippen molar-refractivity contribution in [2.75, 3.05) is 0 Å². The maximum atomic E-state index is 5.04. The van der Waals surface area contributed by atoms with E-state index in [9.17, 15) is 0 Å². The van der Waals surface area contributed by atoms with Crippen LogP contribution in [0.15, 0.2) is 103 Å². The summed E-state index contributed by atoms with van der Waals surface area (Å²) in [6.45, 7) is 0. The van der Waals surface area contributed by atoms with Gasteiger partial charge in [-0.1, -0.05) is 54.6 Å². The van der Waals surface area contributed by atoms with E-state index in [1.165, 1.54) is 10.8 Å². The molecule has 0 unspecified atom stereocenters. The number of para-hydroxylation sites is 2. The molecule has 33 heavy (non-hydrogen) atoms. The number of rotatable bonds is 3.